The summed E-state index contributed by atoms with van der Waals surface area (Å²) in [5.41, 5.74) is 6.72. The molecule has 0 unspecified atom stereocenters. The second kappa shape index (κ2) is 2.96. The van der Waals surface area contributed by atoms with Crippen LogP contribution in [0.1, 0.15) is 46.0 Å². The molecular weight excluding hydrogens is 160 g/mol. The summed E-state index contributed by atoms with van der Waals surface area (Å²) in [4.78, 5) is 2.68. The Bertz CT molecular complexity index is 189. The van der Waals surface area contributed by atoms with Crippen molar-refractivity contribution in [2.45, 2.75) is 57.0 Å². The van der Waals surface area contributed by atoms with Gasteiger partial charge in [-0.3, -0.25) is 4.90 Å². The largest absolute Gasteiger partial charge is 0.329 e. The van der Waals surface area contributed by atoms with E-state index in [0.717, 1.165) is 6.54 Å². The summed E-state index contributed by atoms with van der Waals surface area (Å²) < 4.78 is 0. The maximum atomic E-state index is 5.93. The predicted octanol–water partition coefficient (Wildman–Crippen LogP) is 1.74. The Labute approximate surface area is 81.5 Å². The molecule has 2 nitrogen and oxygen atoms in total. The van der Waals surface area contributed by atoms with Crippen LogP contribution in [0.3, 0.4) is 0 Å². The van der Waals surface area contributed by atoms with Gasteiger partial charge in [-0.05, 0) is 52.5 Å². The number of nitrogens with two attached hydrogens (primary N) is 1. The van der Waals surface area contributed by atoms with Crippen molar-refractivity contribution in [1.82, 2.24) is 4.90 Å². The highest BCUT2D eigenvalue weighted by molar-refractivity contribution is 5.06. The van der Waals surface area contributed by atoms with Crippen LogP contribution in [0.4, 0.5) is 0 Å². The Morgan fingerprint density at radius 1 is 1.15 bits per heavy atom. The van der Waals surface area contributed by atoms with E-state index < -0.39 is 0 Å². The van der Waals surface area contributed by atoms with Crippen LogP contribution in [0, 0.1) is 0 Å². The molecule has 2 N–H and O–H groups in total. The van der Waals surface area contributed by atoms with Crippen molar-refractivity contribution in [3.05, 3.63) is 0 Å². The molecule has 2 heteroatoms. The average Bonchev–Trinajstić information content (AvgIpc) is 2.31. The molecule has 1 aliphatic carbocycles. The molecule has 0 radical (unpaired) electrons. The van der Waals surface area contributed by atoms with E-state index in [0.29, 0.717) is 11.1 Å². The fourth-order valence-electron chi connectivity index (χ4n) is 3.16. The van der Waals surface area contributed by atoms with Gasteiger partial charge in [0.15, 0.2) is 0 Å². The van der Waals surface area contributed by atoms with Crippen molar-refractivity contribution in [3.8, 4) is 0 Å². The number of hydrogen-bond acceptors (Lipinski definition) is 2. The van der Waals surface area contributed by atoms with Crippen molar-refractivity contribution in [3.63, 3.8) is 0 Å². The van der Waals surface area contributed by atoms with Crippen LogP contribution in [-0.2, 0) is 0 Å². The lowest BCUT2D eigenvalue weighted by Crippen LogP contribution is -2.62. The molecule has 0 amide bonds. The minimum Gasteiger partial charge on any atom is -0.329 e. The summed E-state index contributed by atoms with van der Waals surface area (Å²) in [5, 5.41) is 0. The molecule has 0 aromatic rings. The second-order valence-electron chi connectivity index (χ2n) is 5.35. The third-order valence-corrected chi connectivity index (χ3v) is 4.14. The molecule has 0 bridgehead atoms. The van der Waals surface area contributed by atoms with E-state index in [1.165, 1.54) is 38.6 Å². The number of nitrogens with zero attached hydrogens (tertiary/aromatic N) is 1. The van der Waals surface area contributed by atoms with Crippen molar-refractivity contribution >= 4 is 0 Å². The molecule has 0 atom stereocenters. The van der Waals surface area contributed by atoms with Gasteiger partial charge in [-0.15, -0.1) is 0 Å². The maximum absolute atomic E-state index is 5.93. The molecule has 0 spiro atoms. The van der Waals surface area contributed by atoms with Gasteiger partial charge in [-0.25, -0.2) is 0 Å². The number of hydrogen-bond donors (Lipinski definition) is 1. The summed E-state index contributed by atoms with van der Waals surface area (Å²) in [5.74, 6) is 0. The first-order chi connectivity index (χ1) is 6.11. The first-order valence-electron chi connectivity index (χ1n) is 5.59. The Morgan fingerprint density at radius 2 is 1.85 bits per heavy atom. The van der Waals surface area contributed by atoms with Crippen molar-refractivity contribution < 1.29 is 0 Å². The normalized spacial score (nSPS) is 31.6. The van der Waals surface area contributed by atoms with Gasteiger partial charge in [0.1, 0.15) is 0 Å². The van der Waals surface area contributed by atoms with Crippen LogP contribution in [0.25, 0.3) is 0 Å². The average molecular weight is 182 g/mol. The van der Waals surface area contributed by atoms with Gasteiger partial charge in [0.05, 0.1) is 0 Å². The van der Waals surface area contributed by atoms with Crippen molar-refractivity contribution in [2.75, 3.05) is 13.1 Å². The second-order valence-corrected chi connectivity index (χ2v) is 5.35. The molecule has 1 aliphatic heterocycles. The summed E-state index contributed by atoms with van der Waals surface area (Å²) >= 11 is 0. The van der Waals surface area contributed by atoms with Crippen LogP contribution < -0.4 is 5.73 Å². The molecule has 0 aromatic heterocycles. The van der Waals surface area contributed by atoms with Gasteiger partial charge in [0, 0.05) is 17.6 Å². The van der Waals surface area contributed by atoms with E-state index in [4.69, 9.17) is 5.73 Å². The highest BCUT2D eigenvalue weighted by Crippen LogP contribution is 2.44. The third kappa shape index (κ3) is 1.31. The summed E-state index contributed by atoms with van der Waals surface area (Å²) in [6.07, 6.45) is 6.73. The highest BCUT2D eigenvalue weighted by Gasteiger charge is 2.48. The van der Waals surface area contributed by atoms with E-state index >= 15 is 0 Å². The zero-order valence-corrected chi connectivity index (χ0v) is 8.97. The molecule has 1 heterocycles. The van der Waals surface area contributed by atoms with Gasteiger partial charge < -0.3 is 5.73 Å². The monoisotopic (exact) mass is 182 g/mol. The van der Waals surface area contributed by atoms with Crippen molar-refractivity contribution in [1.29, 1.82) is 0 Å². The Balaban J connectivity index is 2.14. The number of likely N-dealkylation sites (tertiary alicyclic amines) is 1. The van der Waals surface area contributed by atoms with E-state index in [2.05, 4.69) is 18.7 Å². The predicted molar refractivity (Wildman–Crippen MR) is 55.7 cm³/mol. The summed E-state index contributed by atoms with van der Waals surface area (Å²) in [6.45, 7) is 6.87. The fraction of sp³-hybridized carbons (Fsp3) is 1.00. The number of rotatable bonds is 2. The lowest BCUT2D eigenvalue weighted by molar-refractivity contribution is -0.0202. The fourth-order valence-corrected chi connectivity index (χ4v) is 3.16. The van der Waals surface area contributed by atoms with E-state index in [1.807, 2.05) is 0 Å². The highest BCUT2D eigenvalue weighted by atomic mass is 15.3. The summed E-state index contributed by atoms with van der Waals surface area (Å²) in [6, 6.07) is 0. The zero-order chi connectivity index (χ0) is 9.53. The Kier molecular flexibility index (Phi) is 2.16. The minimum atomic E-state index is 0.389. The molecule has 76 valence electrons. The molecule has 1 saturated carbocycles. The lowest BCUT2D eigenvalue weighted by atomic mass is 9.74. The van der Waals surface area contributed by atoms with E-state index in [-0.39, 0.29) is 0 Å². The van der Waals surface area contributed by atoms with Crippen LogP contribution in [0.5, 0.6) is 0 Å². The first kappa shape index (κ1) is 9.47. The Morgan fingerprint density at radius 3 is 2.15 bits per heavy atom. The zero-order valence-electron chi connectivity index (χ0n) is 8.97. The molecule has 0 aromatic carbocycles. The quantitative estimate of drug-likeness (QED) is 0.705. The molecule has 13 heavy (non-hydrogen) atoms. The lowest BCUT2D eigenvalue weighted by Gasteiger charge is -2.53. The van der Waals surface area contributed by atoms with Gasteiger partial charge >= 0.3 is 0 Å². The third-order valence-electron chi connectivity index (χ3n) is 4.14. The van der Waals surface area contributed by atoms with Crippen LogP contribution >= 0.6 is 0 Å². The smallest absolute Gasteiger partial charge is 0.0337 e. The SMILES string of the molecule is CC1(C)CCCN1C1(CN)CCC1. The summed E-state index contributed by atoms with van der Waals surface area (Å²) in [7, 11) is 0. The molecule has 2 rings (SSSR count). The first-order valence-corrected chi connectivity index (χ1v) is 5.59. The van der Waals surface area contributed by atoms with Crippen LogP contribution in [0.2, 0.25) is 0 Å². The molecular formula is C11H22N2. The van der Waals surface area contributed by atoms with Crippen LogP contribution in [0.15, 0.2) is 0 Å². The topological polar surface area (TPSA) is 29.3 Å². The van der Waals surface area contributed by atoms with Crippen molar-refractivity contribution in [2.24, 2.45) is 5.73 Å². The Hall–Kier alpha value is -0.0800. The minimum absolute atomic E-state index is 0.389. The molecule has 2 fully saturated rings. The van der Waals surface area contributed by atoms with Gasteiger partial charge in [0.2, 0.25) is 0 Å². The van der Waals surface area contributed by atoms with Gasteiger partial charge in [-0.2, -0.15) is 0 Å². The van der Waals surface area contributed by atoms with E-state index in [1.54, 1.807) is 0 Å². The molecule has 2 aliphatic rings. The van der Waals surface area contributed by atoms with Crippen LogP contribution in [-0.4, -0.2) is 29.1 Å². The van der Waals surface area contributed by atoms with E-state index in [9.17, 15) is 0 Å². The standard InChI is InChI=1S/C11H22N2/c1-10(2)5-4-8-13(10)11(9-12)6-3-7-11/h3-9,12H2,1-2H3. The maximum Gasteiger partial charge on any atom is 0.0337 e. The molecule has 1 saturated heterocycles. The van der Waals surface area contributed by atoms with Gasteiger partial charge in [-0.1, -0.05) is 0 Å². The van der Waals surface area contributed by atoms with Gasteiger partial charge in [0.25, 0.3) is 0 Å².